The average molecular weight is 130 g/mol. The first-order valence-corrected chi connectivity index (χ1v) is 3.24. The lowest BCUT2D eigenvalue weighted by Crippen LogP contribution is -2.35. The molecule has 0 radical (unpaired) electrons. The molecule has 0 spiro atoms. The second kappa shape index (κ2) is 4.32. The third-order valence-corrected chi connectivity index (χ3v) is 1.26. The van der Waals surface area contributed by atoms with Crippen LogP contribution >= 0.6 is 0 Å². The Morgan fingerprint density at radius 1 is 1.56 bits per heavy atom. The molecule has 3 heteroatoms. The average Bonchev–Trinajstić information content (AvgIpc) is 1.90. The molecule has 0 atom stereocenters. The van der Waals surface area contributed by atoms with Gasteiger partial charge < -0.3 is 10.6 Å². The van der Waals surface area contributed by atoms with Gasteiger partial charge >= 0.3 is 0 Å². The monoisotopic (exact) mass is 130 g/mol. The highest BCUT2D eigenvalue weighted by Gasteiger charge is 2.04. The molecule has 0 unspecified atom stereocenters. The SMILES string of the molecule is CCC(=O)N(CC)CN. The molecule has 0 bridgehead atoms. The van der Waals surface area contributed by atoms with Crippen LogP contribution in [0.15, 0.2) is 0 Å². The van der Waals surface area contributed by atoms with Gasteiger partial charge in [0, 0.05) is 13.0 Å². The maximum absolute atomic E-state index is 10.8. The minimum absolute atomic E-state index is 0.125. The van der Waals surface area contributed by atoms with Gasteiger partial charge in [-0.1, -0.05) is 6.92 Å². The molecule has 0 rings (SSSR count). The van der Waals surface area contributed by atoms with Crippen molar-refractivity contribution < 1.29 is 4.79 Å². The summed E-state index contributed by atoms with van der Waals surface area (Å²) in [4.78, 5) is 12.4. The summed E-state index contributed by atoms with van der Waals surface area (Å²) in [7, 11) is 0. The molecule has 0 aromatic heterocycles. The highest BCUT2D eigenvalue weighted by Crippen LogP contribution is 1.88. The largest absolute Gasteiger partial charge is 0.330 e. The molecule has 0 heterocycles. The van der Waals surface area contributed by atoms with E-state index in [1.54, 1.807) is 4.90 Å². The van der Waals surface area contributed by atoms with Gasteiger partial charge in [-0.05, 0) is 6.92 Å². The minimum Gasteiger partial charge on any atom is -0.330 e. The molecule has 2 N–H and O–H groups in total. The summed E-state index contributed by atoms with van der Waals surface area (Å²) in [6, 6.07) is 0. The smallest absolute Gasteiger partial charge is 0.223 e. The van der Waals surface area contributed by atoms with E-state index in [0.29, 0.717) is 19.6 Å². The van der Waals surface area contributed by atoms with Crippen LogP contribution in [0.5, 0.6) is 0 Å². The Kier molecular flexibility index (Phi) is 4.05. The van der Waals surface area contributed by atoms with Crippen LogP contribution in [0.1, 0.15) is 20.3 Å². The Balaban J connectivity index is 3.64. The molecule has 0 aliphatic heterocycles. The molecule has 0 aromatic carbocycles. The number of carbonyl (C=O) groups is 1. The van der Waals surface area contributed by atoms with Crippen molar-refractivity contribution >= 4 is 5.91 Å². The number of hydrogen-bond acceptors (Lipinski definition) is 2. The maximum atomic E-state index is 10.8. The van der Waals surface area contributed by atoms with Crippen molar-refractivity contribution in [3.8, 4) is 0 Å². The molecule has 9 heavy (non-hydrogen) atoms. The van der Waals surface area contributed by atoms with Crippen molar-refractivity contribution in [2.75, 3.05) is 13.2 Å². The molecule has 0 aromatic rings. The van der Waals surface area contributed by atoms with Crippen molar-refractivity contribution in [1.82, 2.24) is 4.90 Å². The van der Waals surface area contributed by atoms with Crippen molar-refractivity contribution in [2.24, 2.45) is 5.73 Å². The van der Waals surface area contributed by atoms with Gasteiger partial charge in [0.05, 0.1) is 6.67 Å². The molecule has 3 nitrogen and oxygen atoms in total. The Morgan fingerprint density at radius 3 is 2.22 bits per heavy atom. The standard InChI is InChI=1S/C6H14N2O/c1-3-6(9)8(4-2)5-7/h3-5,7H2,1-2H3. The first kappa shape index (κ1) is 8.43. The molecule has 1 amide bonds. The highest BCUT2D eigenvalue weighted by molar-refractivity contribution is 5.75. The third-order valence-electron chi connectivity index (χ3n) is 1.26. The third kappa shape index (κ3) is 2.46. The zero-order chi connectivity index (χ0) is 7.28. The van der Waals surface area contributed by atoms with Crippen molar-refractivity contribution in [1.29, 1.82) is 0 Å². The van der Waals surface area contributed by atoms with E-state index in [-0.39, 0.29) is 5.91 Å². The maximum Gasteiger partial charge on any atom is 0.223 e. The van der Waals surface area contributed by atoms with Gasteiger partial charge in [0.15, 0.2) is 0 Å². The molecule has 0 saturated carbocycles. The molecule has 0 saturated heterocycles. The predicted molar refractivity (Wildman–Crippen MR) is 36.7 cm³/mol. The molecule has 0 aliphatic carbocycles. The quantitative estimate of drug-likeness (QED) is 0.553. The second-order valence-corrected chi connectivity index (χ2v) is 1.79. The number of amides is 1. The summed E-state index contributed by atoms with van der Waals surface area (Å²) in [6.45, 7) is 4.80. The summed E-state index contributed by atoms with van der Waals surface area (Å²) in [5.41, 5.74) is 5.26. The summed E-state index contributed by atoms with van der Waals surface area (Å²) in [5, 5.41) is 0. The van der Waals surface area contributed by atoms with Crippen LogP contribution in [-0.4, -0.2) is 24.0 Å². The fraction of sp³-hybridized carbons (Fsp3) is 0.833. The van der Waals surface area contributed by atoms with Gasteiger partial charge in [0.25, 0.3) is 0 Å². The van der Waals surface area contributed by atoms with E-state index in [9.17, 15) is 4.79 Å². The van der Waals surface area contributed by atoms with Crippen LogP contribution in [0.2, 0.25) is 0 Å². The summed E-state index contributed by atoms with van der Waals surface area (Å²) < 4.78 is 0. The van der Waals surface area contributed by atoms with Gasteiger partial charge in [-0.2, -0.15) is 0 Å². The van der Waals surface area contributed by atoms with Crippen LogP contribution in [0.3, 0.4) is 0 Å². The fourth-order valence-electron chi connectivity index (χ4n) is 0.631. The van der Waals surface area contributed by atoms with Gasteiger partial charge in [-0.3, -0.25) is 4.79 Å². The van der Waals surface area contributed by atoms with Crippen molar-refractivity contribution in [2.45, 2.75) is 20.3 Å². The van der Waals surface area contributed by atoms with Gasteiger partial charge in [0.1, 0.15) is 0 Å². The summed E-state index contributed by atoms with van der Waals surface area (Å²) in [6.07, 6.45) is 0.547. The number of carbonyl (C=O) groups excluding carboxylic acids is 1. The van der Waals surface area contributed by atoms with E-state index in [4.69, 9.17) is 5.73 Å². The van der Waals surface area contributed by atoms with Gasteiger partial charge in [-0.15, -0.1) is 0 Å². The van der Waals surface area contributed by atoms with Crippen molar-refractivity contribution in [3.63, 3.8) is 0 Å². The Hall–Kier alpha value is -0.570. The lowest BCUT2D eigenvalue weighted by molar-refractivity contribution is -0.130. The Morgan fingerprint density at radius 2 is 2.11 bits per heavy atom. The predicted octanol–water partition coefficient (Wildman–Crippen LogP) is 0.161. The number of hydrogen-bond donors (Lipinski definition) is 1. The Bertz CT molecular complexity index is 89.1. The topological polar surface area (TPSA) is 46.3 Å². The highest BCUT2D eigenvalue weighted by atomic mass is 16.2. The van der Waals surface area contributed by atoms with E-state index in [2.05, 4.69) is 0 Å². The number of nitrogens with zero attached hydrogens (tertiary/aromatic N) is 1. The first-order chi connectivity index (χ1) is 4.26. The van der Waals surface area contributed by atoms with Gasteiger partial charge in [0.2, 0.25) is 5.91 Å². The normalized spacial score (nSPS) is 9.22. The van der Waals surface area contributed by atoms with E-state index < -0.39 is 0 Å². The van der Waals surface area contributed by atoms with E-state index in [1.165, 1.54) is 0 Å². The summed E-state index contributed by atoms with van der Waals surface area (Å²) >= 11 is 0. The van der Waals surface area contributed by atoms with Crippen LogP contribution in [-0.2, 0) is 4.79 Å². The number of rotatable bonds is 3. The van der Waals surface area contributed by atoms with Crippen molar-refractivity contribution in [3.05, 3.63) is 0 Å². The molecule has 54 valence electrons. The lowest BCUT2D eigenvalue weighted by atomic mass is 10.4. The van der Waals surface area contributed by atoms with Gasteiger partial charge in [-0.25, -0.2) is 0 Å². The summed E-state index contributed by atoms with van der Waals surface area (Å²) in [5.74, 6) is 0.125. The molecular weight excluding hydrogens is 116 g/mol. The first-order valence-electron chi connectivity index (χ1n) is 3.24. The zero-order valence-corrected chi connectivity index (χ0v) is 6.05. The van der Waals surface area contributed by atoms with E-state index in [1.807, 2.05) is 13.8 Å². The van der Waals surface area contributed by atoms with Crippen LogP contribution in [0, 0.1) is 0 Å². The second-order valence-electron chi connectivity index (χ2n) is 1.79. The number of nitrogens with two attached hydrogens (primary N) is 1. The minimum atomic E-state index is 0.125. The molecule has 0 aliphatic rings. The van der Waals surface area contributed by atoms with E-state index >= 15 is 0 Å². The van der Waals surface area contributed by atoms with E-state index in [0.717, 1.165) is 0 Å². The van der Waals surface area contributed by atoms with Crippen LogP contribution in [0.25, 0.3) is 0 Å². The van der Waals surface area contributed by atoms with Crippen LogP contribution < -0.4 is 5.73 Å². The Labute approximate surface area is 55.8 Å². The zero-order valence-electron chi connectivity index (χ0n) is 6.05. The molecular formula is C6H14N2O. The fourth-order valence-corrected chi connectivity index (χ4v) is 0.631. The van der Waals surface area contributed by atoms with Crippen LogP contribution in [0.4, 0.5) is 0 Å². The lowest BCUT2D eigenvalue weighted by Gasteiger charge is -2.16. The molecule has 0 fully saturated rings.